The first-order chi connectivity index (χ1) is 10.8. The summed E-state index contributed by atoms with van der Waals surface area (Å²) in [5, 5.41) is 8.81. The Morgan fingerprint density at radius 3 is 2.35 bits per heavy atom. The van der Waals surface area contributed by atoms with Crippen LogP contribution in [-0.4, -0.2) is 7.11 Å². The van der Waals surface area contributed by atoms with Gasteiger partial charge in [-0.15, -0.1) is 0 Å². The largest absolute Gasteiger partial charge is 0.497 e. The first-order valence-corrected chi connectivity index (χ1v) is 7.21. The van der Waals surface area contributed by atoms with E-state index >= 15 is 0 Å². The lowest BCUT2D eigenvalue weighted by Crippen LogP contribution is -2.10. The third-order valence-electron chi connectivity index (χ3n) is 3.02. The van der Waals surface area contributed by atoms with Crippen LogP contribution in [0.4, 0.5) is 13.2 Å². The Balaban J connectivity index is 2.29. The summed E-state index contributed by atoms with van der Waals surface area (Å²) in [5.74, 6) is 0.302. The van der Waals surface area contributed by atoms with E-state index in [0.29, 0.717) is 11.3 Å². The normalized spacial score (nSPS) is 11.0. The molecule has 0 atom stereocenters. The van der Waals surface area contributed by atoms with Crippen molar-refractivity contribution in [2.75, 3.05) is 7.11 Å². The van der Waals surface area contributed by atoms with Gasteiger partial charge in [0.1, 0.15) is 18.1 Å². The molecule has 0 aliphatic rings. The van der Waals surface area contributed by atoms with Crippen LogP contribution in [0.5, 0.6) is 11.5 Å². The topological polar surface area (TPSA) is 42.2 Å². The van der Waals surface area contributed by atoms with Crippen LogP contribution in [0.3, 0.4) is 0 Å². The Kier molecular flexibility index (Phi) is 5.16. The van der Waals surface area contributed by atoms with Crippen LogP contribution in [0, 0.1) is 11.3 Å². The molecule has 7 heteroatoms. The fourth-order valence-corrected chi connectivity index (χ4v) is 2.47. The molecule has 0 aliphatic carbocycles. The van der Waals surface area contributed by atoms with Crippen LogP contribution < -0.4 is 9.47 Å². The summed E-state index contributed by atoms with van der Waals surface area (Å²) in [4.78, 5) is 0. The zero-order valence-corrected chi connectivity index (χ0v) is 13.5. The number of hydrogen-bond donors (Lipinski definition) is 0. The number of methoxy groups -OCH3 is 1. The zero-order chi connectivity index (χ0) is 17.0. The van der Waals surface area contributed by atoms with E-state index < -0.39 is 11.7 Å². The van der Waals surface area contributed by atoms with E-state index in [-0.39, 0.29) is 22.4 Å². The Labute approximate surface area is 139 Å². The van der Waals surface area contributed by atoms with E-state index in [1.807, 2.05) is 0 Å². The first-order valence-electron chi connectivity index (χ1n) is 6.41. The quantitative estimate of drug-likeness (QED) is 0.749. The van der Waals surface area contributed by atoms with Crippen molar-refractivity contribution in [2.45, 2.75) is 12.8 Å². The summed E-state index contributed by atoms with van der Waals surface area (Å²) in [6, 6.07) is 10.5. The van der Waals surface area contributed by atoms with Crippen molar-refractivity contribution in [3.05, 3.63) is 57.6 Å². The summed E-state index contributed by atoms with van der Waals surface area (Å²) in [5.41, 5.74) is -0.395. The maximum atomic E-state index is 13.1. The maximum Gasteiger partial charge on any atom is 0.420 e. The minimum Gasteiger partial charge on any atom is -0.497 e. The van der Waals surface area contributed by atoms with Crippen LogP contribution >= 0.6 is 15.9 Å². The van der Waals surface area contributed by atoms with Crippen LogP contribution in [0.2, 0.25) is 0 Å². The molecule has 0 spiro atoms. The summed E-state index contributed by atoms with van der Waals surface area (Å²) < 4.78 is 49.9. The molecule has 23 heavy (non-hydrogen) atoms. The molecule has 0 radical (unpaired) electrons. The Hall–Kier alpha value is -2.20. The monoisotopic (exact) mass is 385 g/mol. The molecule has 0 saturated carbocycles. The van der Waals surface area contributed by atoms with Gasteiger partial charge in [-0.2, -0.15) is 18.4 Å². The molecular formula is C16H11BrF3NO2. The number of hydrogen-bond acceptors (Lipinski definition) is 3. The number of nitrogens with zero attached hydrogens (tertiary/aromatic N) is 1. The smallest absolute Gasteiger partial charge is 0.420 e. The molecule has 0 bridgehead atoms. The average molecular weight is 386 g/mol. The number of benzene rings is 2. The second-order valence-corrected chi connectivity index (χ2v) is 5.44. The Morgan fingerprint density at radius 2 is 1.83 bits per heavy atom. The second-order valence-electron chi connectivity index (χ2n) is 4.58. The lowest BCUT2D eigenvalue weighted by Gasteiger charge is -2.16. The number of rotatable bonds is 4. The molecule has 0 N–H and O–H groups in total. The van der Waals surface area contributed by atoms with Crippen molar-refractivity contribution in [3.63, 3.8) is 0 Å². The third-order valence-corrected chi connectivity index (χ3v) is 3.61. The lowest BCUT2D eigenvalue weighted by atomic mass is 10.1. The molecule has 0 amide bonds. The molecule has 2 aromatic carbocycles. The highest BCUT2D eigenvalue weighted by molar-refractivity contribution is 9.10. The minimum atomic E-state index is -4.62. The van der Waals surface area contributed by atoms with Crippen molar-refractivity contribution in [3.8, 4) is 17.6 Å². The molecule has 3 nitrogen and oxygen atoms in total. The standard InChI is InChI=1S/C16H11BrF3NO2/c1-22-12-4-2-10(3-5-12)9-23-15-13(16(18,19)20)6-11(8-21)7-14(15)17/h2-7H,9H2,1H3. The molecule has 2 aromatic rings. The van der Waals surface area contributed by atoms with Gasteiger partial charge in [0.25, 0.3) is 0 Å². The SMILES string of the molecule is COc1ccc(COc2c(Br)cc(C#N)cc2C(F)(F)F)cc1. The molecule has 0 unspecified atom stereocenters. The van der Waals surface area contributed by atoms with E-state index in [0.717, 1.165) is 6.07 Å². The van der Waals surface area contributed by atoms with E-state index in [9.17, 15) is 13.2 Å². The molecule has 0 heterocycles. The molecule has 120 valence electrons. The van der Waals surface area contributed by atoms with Gasteiger partial charge in [0.05, 0.1) is 28.8 Å². The number of ether oxygens (including phenoxy) is 2. The van der Waals surface area contributed by atoms with Gasteiger partial charge >= 0.3 is 6.18 Å². The highest BCUT2D eigenvalue weighted by atomic mass is 79.9. The van der Waals surface area contributed by atoms with Crippen molar-refractivity contribution in [1.82, 2.24) is 0 Å². The van der Waals surface area contributed by atoms with Crippen molar-refractivity contribution in [2.24, 2.45) is 0 Å². The van der Waals surface area contributed by atoms with Gasteiger partial charge in [-0.1, -0.05) is 12.1 Å². The highest BCUT2D eigenvalue weighted by Gasteiger charge is 2.36. The van der Waals surface area contributed by atoms with Gasteiger partial charge in [-0.3, -0.25) is 0 Å². The first kappa shape index (κ1) is 17.2. The van der Waals surface area contributed by atoms with Crippen LogP contribution in [0.15, 0.2) is 40.9 Å². The second kappa shape index (κ2) is 6.92. The Bertz CT molecular complexity index is 737. The van der Waals surface area contributed by atoms with Crippen molar-refractivity contribution >= 4 is 15.9 Å². The van der Waals surface area contributed by atoms with E-state index in [1.54, 1.807) is 30.3 Å². The minimum absolute atomic E-state index is 0.0441. The van der Waals surface area contributed by atoms with Crippen molar-refractivity contribution in [1.29, 1.82) is 5.26 Å². The predicted octanol–water partition coefficient (Wildman–Crippen LogP) is 4.93. The molecule has 0 fully saturated rings. The van der Waals surface area contributed by atoms with E-state index in [1.165, 1.54) is 13.2 Å². The number of alkyl halides is 3. The van der Waals surface area contributed by atoms with Gasteiger partial charge in [0.15, 0.2) is 0 Å². The van der Waals surface area contributed by atoms with E-state index in [4.69, 9.17) is 14.7 Å². The molecule has 0 aromatic heterocycles. The summed E-state index contributed by atoms with van der Waals surface area (Å²) in [7, 11) is 1.52. The van der Waals surface area contributed by atoms with Crippen LogP contribution in [0.1, 0.15) is 16.7 Å². The number of halogens is 4. The average Bonchev–Trinajstić information content (AvgIpc) is 2.52. The number of nitriles is 1. The van der Waals surface area contributed by atoms with Crippen molar-refractivity contribution < 1.29 is 22.6 Å². The highest BCUT2D eigenvalue weighted by Crippen LogP contribution is 2.41. The lowest BCUT2D eigenvalue weighted by molar-refractivity contribution is -0.139. The van der Waals surface area contributed by atoms with Crippen LogP contribution in [0.25, 0.3) is 0 Å². The summed E-state index contributed by atoms with van der Waals surface area (Å²) in [6.45, 7) is -0.0441. The predicted molar refractivity (Wildman–Crippen MR) is 81.2 cm³/mol. The Morgan fingerprint density at radius 1 is 1.17 bits per heavy atom. The zero-order valence-electron chi connectivity index (χ0n) is 11.9. The fourth-order valence-electron chi connectivity index (χ4n) is 1.89. The molecule has 0 saturated heterocycles. The molecule has 2 rings (SSSR count). The summed E-state index contributed by atoms with van der Waals surface area (Å²) >= 11 is 3.03. The van der Waals surface area contributed by atoms with Gasteiger partial charge in [0.2, 0.25) is 0 Å². The van der Waals surface area contributed by atoms with Gasteiger partial charge < -0.3 is 9.47 Å². The molecule has 0 aliphatic heterocycles. The van der Waals surface area contributed by atoms with Crippen LogP contribution in [-0.2, 0) is 12.8 Å². The van der Waals surface area contributed by atoms with Gasteiger partial charge in [0, 0.05) is 0 Å². The van der Waals surface area contributed by atoms with E-state index in [2.05, 4.69) is 15.9 Å². The van der Waals surface area contributed by atoms with Gasteiger partial charge in [-0.05, 0) is 45.8 Å². The summed E-state index contributed by atoms with van der Waals surface area (Å²) in [6.07, 6.45) is -4.62. The molecular weight excluding hydrogens is 375 g/mol. The third kappa shape index (κ3) is 4.17. The fraction of sp³-hybridized carbons (Fsp3) is 0.188. The van der Waals surface area contributed by atoms with Gasteiger partial charge in [-0.25, -0.2) is 0 Å². The maximum absolute atomic E-state index is 13.1.